The summed E-state index contributed by atoms with van der Waals surface area (Å²) in [6.07, 6.45) is 0. The van der Waals surface area contributed by atoms with Crippen LogP contribution in [0.25, 0.3) is 0 Å². The molecule has 86 valence electrons. The van der Waals surface area contributed by atoms with Gasteiger partial charge in [-0.15, -0.1) is 11.8 Å². The van der Waals surface area contributed by atoms with Crippen molar-refractivity contribution in [3.05, 3.63) is 30.3 Å². The van der Waals surface area contributed by atoms with Crippen LogP contribution in [0.4, 0.5) is 0 Å². The van der Waals surface area contributed by atoms with Gasteiger partial charge in [0.1, 0.15) is 0 Å². The first-order chi connectivity index (χ1) is 7.74. The van der Waals surface area contributed by atoms with E-state index in [4.69, 9.17) is 5.26 Å². The number of hydrogen-bond acceptors (Lipinski definition) is 3. The molecule has 0 radical (unpaired) electrons. The minimum atomic E-state index is 0.441. The first-order valence-electron chi connectivity index (χ1n) is 5.53. The van der Waals surface area contributed by atoms with Crippen LogP contribution in [0.3, 0.4) is 0 Å². The third-order valence-electron chi connectivity index (χ3n) is 2.39. The van der Waals surface area contributed by atoms with Gasteiger partial charge in [-0.3, -0.25) is 4.90 Å². The largest absolute Gasteiger partial charge is 0.287 e. The first-order valence-corrected chi connectivity index (χ1v) is 6.51. The van der Waals surface area contributed by atoms with Crippen LogP contribution in [0.1, 0.15) is 13.8 Å². The Bertz CT molecular complexity index is 330. The Morgan fingerprint density at radius 3 is 2.56 bits per heavy atom. The second-order valence-electron chi connectivity index (χ2n) is 3.88. The van der Waals surface area contributed by atoms with Crippen molar-refractivity contribution in [1.82, 2.24) is 4.90 Å². The topological polar surface area (TPSA) is 27.0 Å². The normalized spacial score (nSPS) is 10.7. The van der Waals surface area contributed by atoms with Gasteiger partial charge in [0.15, 0.2) is 0 Å². The summed E-state index contributed by atoms with van der Waals surface area (Å²) in [5.74, 6) is 1.03. The van der Waals surface area contributed by atoms with Gasteiger partial charge in [0.2, 0.25) is 0 Å². The lowest BCUT2D eigenvalue weighted by atomic mass is 10.3. The Labute approximate surface area is 102 Å². The summed E-state index contributed by atoms with van der Waals surface area (Å²) >= 11 is 1.84. The van der Waals surface area contributed by atoms with Crippen LogP contribution in [-0.4, -0.2) is 29.8 Å². The van der Waals surface area contributed by atoms with E-state index in [1.54, 1.807) is 0 Å². The number of hydrogen-bond donors (Lipinski definition) is 0. The molecule has 16 heavy (non-hydrogen) atoms. The zero-order valence-electron chi connectivity index (χ0n) is 9.89. The number of benzene rings is 1. The maximum Gasteiger partial charge on any atom is 0.0868 e. The van der Waals surface area contributed by atoms with E-state index < -0.39 is 0 Å². The summed E-state index contributed by atoms with van der Waals surface area (Å²) in [4.78, 5) is 3.49. The van der Waals surface area contributed by atoms with Gasteiger partial charge in [-0.05, 0) is 26.0 Å². The highest BCUT2D eigenvalue weighted by atomic mass is 32.2. The minimum absolute atomic E-state index is 0.441. The van der Waals surface area contributed by atoms with Gasteiger partial charge in [-0.1, -0.05) is 18.2 Å². The summed E-state index contributed by atoms with van der Waals surface area (Å²) in [5, 5.41) is 8.70. The van der Waals surface area contributed by atoms with E-state index >= 15 is 0 Å². The van der Waals surface area contributed by atoms with Gasteiger partial charge in [-0.2, -0.15) is 5.26 Å². The van der Waals surface area contributed by atoms with Crippen LogP contribution >= 0.6 is 11.8 Å². The van der Waals surface area contributed by atoms with Gasteiger partial charge < -0.3 is 0 Å². The van der Waals surface area contributed by atoms with Crippen molar-refractivity contribution in [3.8, 4) is 6.07 Å². The SMILES string of the molecule is CC(C)N(CC#N)CCSc1ccccc1. The van der Waals surface area contributed by atoms with E-state index in [0.717, 1.165) is 12.3 Å². The van der Waals surface area contributed by atoms with Crippen molar-refractivity contribution < 1.29 is 0 Å². The number of nitrogens with zero attached hydrogens (tertiary/aromatic N) is 2. The fourth-order valence-corrected chi connectivity index (χ4v) is 2.32. The van der Waals surface area contributed by atoms with Gasteiger partial charge in [0, 0.05) is 23.2 Å². The molecule has 1 rings (SSSR count). The van der Waals surface area contributed by atoms with Crippen molar-refractivity contribution in [2.45, 2.75) is 24.8 Å². The zero-order valence-corrected chi connectivity index (χ0v) is 10.7. The Morgan fingerprint density at radius 2 is 2.00 bits per heavy atom. The summed E-state index contributed by atoms with van der Waals surface area (Å²) < 4.78 is 0. The standard InChI is InChI=1S/C13H18N2S/c1-12(2)15(9-8-14)10-11-16-13-6-4-3-5-7-13/h3-7,12H,9-11H2,1-2H3. The lowest BCUT2D eigenvalue weighted by molar-refractivity contribution is 0.265. The Morgan fingerprint density at radius 1 is 1.31 bits per heavy atom. The van der Waals surface area contributed by atoms with Gasteiger partial charge in [-0.25, -0.2) is 0 Å². The predicted molar refractivity (Wildman–Crippen MR) is 69.5 cm³/mol. The first kappa shape index (κ1) is 13.1. The molecule has 0 N–H and O–H groups in total. The molecule has 2 nitrogen and oxygen atoms in total. The summed E-state index contributed by atoms with van der Waals surface area (Å²) in [6, 6.07) is 13.0. The van der Waals surface area contributed by atoms with E-state index in [2.05, 4.69) is 49.1 Å². The Balaban J connectivity index is 2.31. The third kappa shape index (κ3) is 4.69. The average molecular weight is 234 g/mol. The molecule has 0 aliphatic carbocycles. The molecule has 0 saturated carbocycles. The molecular weight excluding hydrogens is 216 g/mol. The molecule has 0 heterocycles. The molecule has 0 unspecified atom stereocenters. The molecule has 1 aromatic carbocycles. The number of rotatable bonds is 6. The second-order valence-corrected chi connectivity index (χ2v) is 5.05. The number of thioether (sulfide) groups is 1. The molecule has 0 aliphatic heterocycles. The smallest absolute Gasteiger partial charge is 0.0868 e. The quantitative estimate of drug-likeness (QED) is 0.559. The van der Waals surface area contributed by atoms with Gasteiger partial charge in [0.25, 0.3) is 0 Å². The monoisotopic (exact) mass is 234 g/mol. The lowest BCUT2D eigenvalue weighted by Gasteiger charge is -2.22. The van der Waals surface area contributed by atoms with E-state index in [1.165, 1.54) is 4.90 Å². The highest BCUT2D eigenvalue weighted by Gasteiger charge is 2.07. The van der Waals surface area contributed by atoms with Crippen LogP contribution in [0.2, 0.25) is 0 Å². The summed E-state index contributed by atoms with van der Waals surface area (Å²) in [7, 11) is 0. The van der Waals surface area contributed by atoms with Crippen LogP contribution in [0, 0.1) is 11.3 Å². The molecule has 0 aromatic heterocycles. The predicted octanol–water partition coefficient (Wildman–Crippen LogP) is 3.01. The average Bonchev–Trinajstić information content (AvgIpc) is 2.29. The molecule has 1 aromatic rings. The van der Waals surface area contributed by atoms with Crippen molar-refractivity contribution >= 4 is 11.8 Å². The zero-order chi connectivity index (χ0) is 11.8. The molecule has 0 spiro atoms. The van der Waals surface area contributed by atoms with Crippen LogP contribution in [0.5, 0.6) is 0 Å². The molecule has 0 amide bonds. The van der Waals surface area contributed by atoms with Crippen LogP contribution < -0.4 is 0 Å². The van der Waals surface area contributed by atoms with E-state index in [0.29, 0.717) is 12.6 Å². The van der Waals surface area contributed by atoms with E-state index in [9.17, 15) is 0 Å². The second kappa shape index (κ2) is 7.32. The van der Waals surface area contributed by atoms with E-state index in [-0.39, 0.29) is 0 Å². The van der Waals surface area contributed by atoms with Gasteiger partial charge in [0.05, 0.1) is 12.6 Å². The molecule has 0 fully saturated rings. The Hall–Kier alpha value is -0.980. The van der Waals surface area contributed by atoms with Crippen molar-refractivity contribution in [2.24, 2.45) is 0 Å². The summed E-state index contributed by atoms with van der Waals surface area (Å²) in [5.41, 5.74) is 0. The maximum atomic E-state index is 8.70. The molecule has 3 heteroatoms. The fourth-order valence-electron chi connectivity index (χ4n) is 1.41. The van der Waals surface area contributed by atoms with Gasteiger partial charge >= 0.3 is 0 Å². The van der Waals surface area contributed by atoms with Crippen molar-refractivity contribution in [1.29, 1.82) is 5.26 Å². The molecule has 0 bridgehead atoms. The minimum Gasteiger partial charge on any atom is -0.287 e. The van der Waals surface area contributed by atoms with Crippen molar-refractivity contribution in [3.63, 3.8) is 0 Å². The summed E-state index contributed by atoms with van der Waals surface area (Å²) in [6.45, 7) is 5.74. The molecular formula is C13H18N2S. The fraction of sp³-hybridized carbons (Fsp3) is 0.462. The molecule has 0 aliphatic rings. The highest BCUT2D eigenvalue weighted by molar-refractivity contribution is 7.99. The highest BCUT2D eigenvalue weighted by Crippen LogP contribution is 2.17. The molecule has 0 atom stereocenters. The lowest BCUT2D eigenvalue weighted by Crippen LogP contribution is -2.33. The van der Waals surface area contributed by atoms with Crippen LogP contribution in [0.15, 0.2) is 35.2 Å². The number of nitriles is 1. The molecule has 0 saturated heterocycles. The van der Waals surface area contributed by atoms with E-state index in [1.807, 2.05) is 17.8 Å². The van der Waals surface area contributed by atoms with Crippen molar-refractivity contribution in [2.75, 3.05) is 18.8 Å². The maximum absolute atomic E-state index is 8.70. The Kier molecular flexibility index (Phi) is 5.99. The third-order valence-corrected chi connectivity index (χ3v) is 3.39. The van der Waals surface area contributed by atoms with Crippen LogP contribution in [-0.2, 0) is 0 Å².